The smallest absolute Gasteiger partial charge is 0.234 e. The fourth-order valence-electron chi connectivity index (χ4n) is 2.11. The number of aromatic nitrogens is 2. The number of nitrogens with zero attached hydrogens (tertiary/aromatic N) is 3. The quantitative estimate of drug-likeness (QED) is 0.743. The second kappa shape index (κ2) is 8.31. The van der Waals surface area contributed by atoms with E-state index in [9.17, 15) is 4.79 Å². The molecule has 6 nitrogen and oxygen atoms in total. The normalized spacial score (nSPS) is 10.9. The van der Waals surface area contributed by atoms with Crippen LogP contribution in [0.25, 0.3) is 5.69 Å². The van der Waals surface area contributed by atoms with E-state index in [1.165, 1.54) is 0 Å². The van der Waals surface area contributed by atoms with Crippen LogP contribution in [0.5, 0.6) is 0 Å². The fraction of sp³-hybridized carbons (Fsp3) is 0.375. The van der Waals surface area contributed by atoms with Gasteiger partial charge in [0.1, 0.15) is 0 Å². The van der Waals surface area contributed by atoms with E-state index in [0.717, 1.165) is 17.7 Å². The number of nitrogens with one attached hydrogen (secondary N) is 1. The van der Waals surface area contributed by atoms with Crippen molar-refractivity contribution in [1.82, 2.24) is 20.0 Å². The van der Waals surface area contributed by atoms with Crippen molar-refractivity contribution in [3.63, 3.8) is 0 Å². The summed E-state index contributed by atoms with van der Waals surface area (Å²) in [6, 6.07) is 9.90. The van der Waals surface area contributed by atoms with Crippen LogP contribution in [-0.2, 0) is 11.2 Å². The van der Waals surface area contributed by atoms with E-state index in [4.69, 9.17) is 5.11 Å². The highest BCUT2D eigenvalue weighted by atomic mass is 16.3. The first-order chi connectivity index (χ1) is 10.7. The van der Waals surface area contributed by atoms with Crippen LogP contribution in [0.2, 0.25) is 0 Å². The van der Waals surface area contributed by atoms with E-state index in [1.54, 1.807) is 11.9 Å². The minimum absolute atomic E-state index is 0.0357. The molecule has 0 aliphatic carbocycles. The number of amides is 1. The van der Waals surface area contributed by atoms with Crippen molar-refractivity contribution in [2.24, 2.45) is 0 Å². The predicted molar refractivity (Wildman–Crippen MR) is 84.9 cm³/mol. The SMILES string of the molecule is CN(CCO)CC(=O)NCCc1cnn(-c2ccccc2)c1. The molecule has 0 fully saturated rings. The minimum Gasteiger partial charge on any atom is -0.395 e. The summed E-state index contributed by atoms with van der Waals surface area (Å²) in [5.74, 6) is -0.0357. The van der Waals surface area contributed by atoms with Crippen LogP contribution < -0.4 is 5.32 Å². The number of para-hydroxylation sites is 1. The van der Waals surface area contributed by atoms with Gasteiger partial charge in [0.15, 0.2) is 0 Å². The Morgan fingerprint density at radius 1 is 1.36 bits per heavy atom. The van der Waals surface area contributed by atoms with Crippen molar-refractivity contribution >= 4 is 5.91 Å². The molecule has 22 heavy (non-hydrogen) atoms. The standard InChI is InChI=1S/C16H22N4O2/c1-19(9-10-21)13-16(22)17-8-7-14-11-18-20(12-14)15-5-3-2-4-6-15/h2-6,11-12,21H,7-10,13H2,1H3,(H,17,22). The maximum absolute atomic E-state index is 11.7. The first-order valence-electron chi connectivity index (χ1n) is 7.34. The third-order valence-electron chi connectivity index (χ3n) is 3.29. The van der Waals surface area contributed by atoms with Gasteiger partial charge < -0.3 is 10.4 Å². The molecule has 0 aliphatic heterocycles. The summed E-state index contributed by atoms with van der Waals surface area (Å²) < 4.78 is 1.83. The molecule has 0 saturated carbocycles. The Morgan fingerprint density at radius 2 is 2.14 bits per heavy atom. The van der Waals surface area contributed by atoms with Gasteiger partial charge in [-0.25, -0.2) is 4.68 Å². The molecule has 2 rings (SSSR count). The van der Waals surface area contributed by atoms with Gasteiger partial charge in [-0.05, 0) is 31.2 Å². The summed E-state index contributed by atoms with van der Waals surface area (Å²) in [4.78, 5) is 13.5. The monoisotopic (exact) mass is 302 g/mol. The maximum Gasteiger partial charge on any atom is 0.234 e. The average molecular weight is 302 g/mol. The van der Waals surface area contributed by atoms with Crippen LogP contribution in [0, 0.1) is 0 Å². The number of hydrogen-bond acceptors (Lipinski definition) is 4. The summed E-state index contributed by atoms with van der Waals surface area (Å²) in [6.45, 7) is 1.43. The number of likely N-dealkylation sites (N-methyl/N-ethyl adjacent to an activating group) is 1. The number of rotatable bonds is 8. The van der Waals surface area contributed by atoms with E-state index >= 15 is 0 Å². The zero-order chi connectivity index (χ0) is 15.8. The molecule has 2 N–H and O–H groups in total. The van der Waals surface area contributed by atoms with Crippen LogP contribution in [-0.4, -0.2) is 59.0 Å². The van der Waals surface area contributed by atoms with Crippen LogP contribution in [0.15, 0.2) is 42.7 Å². The molecule has 0 atom stereocenters. The molecule has 0 spiro atoms. The zero-order valence-electron chi connectivity index (χ0n) is 12.8. The molecule has 0 radical (unpaired) electrons. The highest BCUT2D eigenvalue weighted by Gasteiger charge is 2.06. The molecule has 6 heteroatoms. The molecule has 0 aliphatic rings. The molecule has 0 bridgehead atoms. The lowest BCUT2D eigenvalue weighted by Gasteiger charge is -2.14. The maximum atomic E-state index is 11.7. The lowest BCUT2D eigenvalue weighted by molar-refractivity contribution is -0.121. The summed E-state index contributed by atoms with van der Waals surface area (Å²) in [6.07, 6.45) is 4.53. The molecule has 0 saturated heterocycles. The Hall–Kier alpha value is -2.18. The van der Waals surface area contributed by atoms with Crippen LogP contribution in [0.3, 0.4) is 0 Å². The summed E-state index contributed by atoms with van der Waals surface area (Å²) in [5.41, 5.74) is 2.09. The van der Waals surface area contributed by atoms with Gasteiger partial charge >= 0.3 is 0 Å². The highest BCUT2D eigenvalue weighted by molar-refractivity contribution is 5.77. The second-order valence-corrected chi connectivity index (χ2v) is 5.19. The number of hydrogen-bond donors (Lipinski definition) is 2. The van der Waals surface area contributed by atoms with Crippen LogP contribution >= 0.6 is 0 Å². The fourth-order valence-corrected chi connectivity index (χ4v) is 2.11. The Kier molecular flexibility index (Phi) is 6.12. The van der Waals surface area contributed by atoms with Crippen molar-refractivity contribution in [3.05, 3.63) is 48.3 Å². The van der Waals surface area contributed by atoms with Crippen molar-refractivity contribution < 1.29 is 9.90 Å². The molecular weight excluding hydrogens is 280 g/mol. The number of aliphatic hydroxyl groups is 1. The van der Waals surface area contributed by atoms with Gasteiger partial charge in [-0.3, -0.25) is 9.69 Å². The van der Waals surface area contributed by atoms with Gasteiger partial charge in [0.2, 0.25) is 5.91 Å². The van der Waals surface area contributed by atoms with E-state index in [2.05, 4.69) is 10.4 Å². The highest BCUT2D eigenvalue weighted by Crippen LogP contribution is 2.07. The largest absolute Gasteiger partial charge is 0.395 e. The summed E-state index contributed by atoms with van der Waals surface area (Å²) >= 11 is 0. The van der Waals surface area contributed by atoms with Gasteiger partial charge in [-0.2, -0.15) is 5.10 Å². The number of carbonyl (C=O) groups excluding carboxylic acids is 1. The van der Waals surface area contributed by atoms with Gasteiger partial charge in [-0.1, -0.05) is 18.2 Å². The number of benzene rings is 1. The van der Waals surface area contributed by atoms with Crippen molar-refractivity contribution in [2.45, 2.75) is 6.42 Å². The molecular formula is C16H22N4O2. The van der Waals surface area contributed by atoms with Gasteiger partial charge in [-0.15, -0.1) is 0 Å². The Bertz CT molecular complexity index is 583. The first-order valence-corrected chi connectivity index (χ1v) is 7.34. The molecule has 2 aromatic rings. The number of carbonyl (C=O) groups is 1. The van der Waals surface area contributed by atoms with Crippen molar-refractivity contribution in [1.29, 1.82) is 0 Å². The van der Waals surface area contributed by atoms with E-state index < -0.39 is 0 Å². The van der Waals surface area contributed by atoms with E-state index in [-0.39, 0.29) is 12.5 Å². The Balaban J connectivity index is 1.76. The predicted octanol–water partition coefficient (Wildman–Crippen LogP) is 0.455. The lowest BCUT2D eigenvalue weighted by atomic mass is 10.2. The molecule has 1 aromatic carbocycles. The summed E-state index contributed by atoms with van der Waals surface area (Å²) in [5, 5.41) is 16.0. The summed E-state index contributed by atoms with van der Waals surface area (Å²) in [7, 11) is 1.81. The van der Waals surface area contributed by atoms with Crippen LogP contribution in [0.4, 0.5) is 0 Å². The van der Waals surface area contributed by atoms with E-state index in [0.29, 0.717) is 19.6 Å². The Labute approximate surface area is 130 Å². The third kappa shape index (κ3) is 4.98. The van der Waals surface area contributed by atoms with Crippen LogP contribution in [0.1, 0.15) is 5.56 Å². The lowest BCUT2D eigenvalue weighted by Crippen LogP contribution is -2.37. The Morgan fingerprint density at radius 3 is 2.86 bits per heavy atom. The second-order valence-electron chi connectivity index (χ2n) is 5.19. The molecule has 1 amide bonds. The molecule has 1 heterocycles. The third-order valence-corrected chi connectivity index (χ3v) is 3.29. The number of aliphatic hydroxyl groups excluding tert-OH is 1. The average Bonchev–Trinajstić information content (AvgIpc) is 2.97. The van der Waals surface area contributed by atoms with Gasteiger partial charge in [0.05, 0.1) is 25.0 Å². The first kappa shape index (κ1) is 16.2. The van der Waals surface area contributed by atoms with Gasteiger partial charge in [0, 0.05) is 19.3 Å². The topological polar surface area (TPSA) is 70.4 Å². The molecule has 1 aromatic heterocycles. The zero-order valence-corrected chi connectivity index (χ0v) is 12.8. The molecule has 118 valence electrons. The van der Waals surface area contributed by atoms with Crippen molar-refractivity contribution in [2.75, 3.05) is 33.3 Å². The molecule has 0 unspecified atom stereocenters. The van der Waals surface area contributed by atoms with Crippen molar-refractivity contribution in [3.8, 4) is 5.69 Å². The minimum atomic E-state index is -0.0357. The van der Waals surface area contributed by atoms with Gasteiger partial charge in [0.25, 0.3) is 0 Å². The van der Waals surface area contributed by atoms with E-state index in [1.807, 2.05) is 47.4 Å².